The quantitative estimate of drug-likeness (QED) is 0.777. The lowest BCUT2D eigenvalue weighted by molar-refractivity contribution is -0.118. The smallest absolute Gasteiger partial charge is 0.231 e. The minimum atomic E-state index is 0. The van der Waals surface area contributed by atoms with Gasteiger partial charge < -0.3 is 24.8 Å². The third-order valence-electron chi connectivity index (χ3n) is 6.05. The standard InChI is InChI=1S/C22H24N2O4.ClH/c25-21(18-12-22(18)6-8-23-9-7-22)24-16-3-1-2-15(10-16)13-26-17-4-5-19-20(11-17)28-14-27-19;/h1-5,10-11,18,23H,6-9,12-14H2,(H,24,25);1H. The number of carbonyl (C=O) groups is 1. The highest BCUT2D eigenvalue weighted by molar-refractivity contribution is 5.95. The van der Waals surface area contributed by atoms with Crippen LogP contribution in [0.3, 0.4) is 0 Å². The molecule has 154 valence electrons. The molecule has 2 aromatic carbocycles. The van der Waals surface area contributed by atoms with Gasteiger partial charge in [0.05, 0.1) is 0 Å². The van der Waals surface area contributed by atoms with Gasteiger partial charge in [-0.1, -0.05) is 12.1 Å². The molecule has 1 aliphatic carbocycles. The second-order valence-electron chi connectivity index (χ2n) is 7.86. The monoisotopic (exact) mass is 416 g/mol. The summed E-state index contributed by atoms with van der Waals surface area (Å²) in [7, 11) is 0. The fourth-order valence-electron chi connectivity index (χ4n) is 4.30. The third-order valence-corrected chi connectivity index (χ3v) is 6.05. The van der Waals surface area contributed by atoms with Gasteiger partial charge in [-0.3, -0.25) is 4.79 Å². The predicted octanol–water partition coefficient (Wildman–Crippen LogP) is 3.74. The van der Waals surface area contributed by atoms with Gasteiger partial charge in [0.1, 0.15) is 12.4 Å². The summed E-state index contributed by atoms with van der Waals surface area (Å²) in [5.74, 6) is 2.47. The number of rotatable bonds is 5. The molecule has 3 aliphatic rings. The molecule has 0 aromatic heterocycles. The SMILES string of the molecule is Cl.O=C(Nc1cccc(COc2ccc3c(c2)OCO3)c1)C1CC12CCNCC2. The molecule has 0 bridgehead atoms. The maximum absolute atomic E-state index is 12.7. The van der Waals surface area contributed by atoms with Crippen LogP contribution in [0.1, 0.15) is 24.8 Å². The fraction of sp³-hybridized carbons (Fsp3) is 0.409. The summed E-state index contributed by atoms with van der Waals surface area (Å²) in [5.41, 5.74) is 2.07. The van der Waals surface area contributed by atoms with Crippen molar-refractivity contribution in [3.8, 4) is 17.2 Å². The van der Waals surface area contributed by atoms with Crippen LogP contribution in [0, 0.1) is 11.3 Å². The zero-order valence-corrected chi connectivity index (χ0v) is 16.9. The number of halogens is 1. The molecule has 5 rings (SSSR count). The van der Waals surface area contributed by atoms with E-state index in [2.05, 4.69) is 10.6 Å². The first kappa shape index (κ1) is 19.9. The molecule has 2 aliphatic heterocycles. The number of amides is 1. The lowest BCUT2D eigenvalue weighted by atomic mass is 9.92. The molecule has 0 radical (unpaired) electrons. The average molecular weight is 417 g/mol. The van der Waals surface area contributed by atoms with E-state index in [-0.39, 0.29) is 36.4 Å². The van der Waals surface area contributed by atoms with Crippen molar-refractivity contribution >= 4 is 24.0 Å². The Hall–Kier alpha value is -2.44. The van der Waals surface area contributed by atoms with E-state index in [9.17, 15) is 4.79 Å². The van der Waals surface area contributed by atoms with Crippen LogP contribution in [-0.4, -0.2) is 25.8 Å². The van der Waals surface area contributed by atoms with Crippen LogP contribution in [0.2, 0.25) is 0 Å². The van der Waals surface area contributed by atoms with Gasteiger partial charge in [0.15, 0.2) is 11.5 Å². The Labute approximate surface area is 176 Å². The van der Waals surface area contributed by atoms with E-state index in [1.807, 2.05) is 42.5 Å². The first-order valence-electron chi connectivity index (χ1n) is 9.85. The van der Waals surface area contributed by atoms with Crippen molar-refractivity contribution in [1.82, 2.24) is 5.32 Å². The average Bonchev–Trinajstić information content (AvgIpc) is 3.20. The Morgan fingerprint density at radius 1 is 1.14 bits per heavy atom. The molecule has 2 aromatic rings. The Morgan fingerprint density at radius 3 is 2.83 bits per heavy atom. The van der Waals surface area contributed by atoms with E-state index in [1.54, 1.807) is 0 Å². The number of benzene rings is 2. The van der Waals surface area contributed by atoms with Crippen molar-refractivity contribution in [1.29, 1.82) is 0 Å². The Bertz CT molecular complexity index is 898. The molecule has 2 heterocycles. The van der Waals surface area contributed by atoms with E-state index in [0.717, 1.165) is 55.1 Å². The molecule has 29 heavy (non-hydrogen) atoms. The molecule has 1 atom stereocenters. The molecular formula is C22H25ClN2O4. The van der Waals surface area contributed by atoms with Gasteiger partial charge in [0.25, 0.3) is 0 Å². The Morgan fingerprint density at radius 2 is 1.97 bits per heavy atom. The van der Waals surface area contributed by atoms with Gasteiger partial charge in [-0.15, -0.1) is 12.4 Å². The second-order valence-corrected chi connectivity index (χ2v) is 7.86. The lowest BCUT2D eigenvalue weighted by Crippen LogP contribution is -2.31. The number of fused-ring (bicyclic) bond motifs is 1. The van der Waals surface area contributed by atoms with Gasteiger partial charge in [0, 0.05) is 17.7 Å². The summed E-state index contributed by atoms with van der Waals surface area (Å²) in [4.78, 5) is 12.7. The van der Waals surface area contributed by atoms with Crippen molar-refractivity contribution < 1.29 is 19.0 Å². The Kier molecular flexibility index (Phi) is 5.56. The molecule has 2 N–H and O–H groups in total. The van der Waals surface area contributed by atoms with Crippen LogP contribution in [-0.2, 0) is 11.4 Å². The first-order chi connectivity index (χ1) is 13.7. The van der Waals surface area contributed by atoms with Crippen molar-refractivity contribution in [3.63, 3.8) is 0 Å². The van der Waals surface area contributed by atoms with Gasteiger partial charge in [0.2, 0.25) is 12.7 Å². The summed E-state index contributed by atoms with van der Waals surface area (Å²) in [5, 5.41) is 6.47. The molecule has 1 amide bonds. The van der Waals surface area contributed by atoms with Gasteiger partial charge >= 0.3 is 0 Å². The maximum atomic E-state index is 12.7. The predicted molar refractivity (Wildman–Crippen MR) is 112 cm³/mol. The molecule has 2 fully saturated rings. The van der Waals surface area contributed by atoms with Crippen LogP contribution in [0.25, 0.3) is 0 Å². The molecule has 1 saturated heterocycles. The Balaban J connectivity index is 0.00000205. The van der Waals surface area contributed by atoms with Gasteiger partial charge in [-0.2, -0.15) is 0 Å². The highest BCUT2D eigenvalue weighted by Gasteiger charge is 2.57. The second kappa shape index (κ2) is 8.13. The zero-order valence-electron chi connectivity index (χ0n) is 16.1. The summed E-state index contributed by atoms with van der Waals surface area (Å²) in [6.07, 6.45) is 3.23. The molecule has 1 unspecified atom stereocenters. The number of ether oxygens (including phenoxy) is 3. The summed E-state index contributed by atoms with van der Waals surface area (Å²) in [6, 6.07) is 13.4. The first-order valence-corrected chi connectivity index (χ1v) is 9.85. The van der Waals surface area contributed by atoms with E-state index in [4.69, 9.17) is 14.2 Å². The minimum Gasteiger partial charge on any atom is -0.489 e. The van der Waals surface area contributed by atoms with Crippen molar-refractivity contribution in [2.75, 3.05) is 25.2 Å². The van der Waals surface area contributed by atoms with Crippen LogP contribution >= 0.6 is 12.4 Å². The number of hydrogen-bond donors (Lipinski definition) is 2. The number of nitrogens with one attached hydrogen (secondary N) is 2. The van der Waals surface area contributed by atoms with Gasteiger partial charge in [-0.05, 0) is 67.6 Å². The highest BCUT2D eigenvalue weighted by Crippen LogP contribution is 2.58. The molecule has 7 heteroatoms. The largest absolute Gasteiger partial charge is 0.489 e. The van der Waals surface area contributed by atoms with E-state index in [0.29, 0.717) is 12.4 Å². The van der Waals surface area contributed by atoms with Crippen LogP contribution in [0.5, 0.6) is 17.2 Å². The third kappa shape index (κ3) is 4.14. The van der Waals surface area contributed by atoms with Crippen LogP contribution in [0.15, 0.2) is 42.5 Å². The maximum Gasteiger partial charge on any atom is 0.231 e. The van der Waals surface area contributed by atoms with Crippen molar-refractivity contribution in [2.24, 2.45) is 11.3 Å². The molecule has 1 spiro atoms. The van der Waals surface area contributed by atoms with Crippen molar-refractivity contribution in [2.45, 2.75) is 25.9 Å². The topological polar surface area (TPSA) is 68.8 Å². The van der Waals surface area contributed by atoms with E-state index in [1.165, 1.54) is 0 Å². The lowest BCUT2D eigenvalue weighted by Gasteiger charge is -2.23. The van der Waals surface area contributed by atoms with E-state index >= 15 is 0 Å². The number of carbonyl (C=O) groups excluding carboxylic acids is 1. The van der Waals surface area contributed by atoms with Gasteiger partial charge in [-0.25, -0.2) is 0 Å². The molecule has 1 saturated carbocycles. The number of anilines is 1. The van der Waals surface area contributed by atoms with E-state index < -0.39 is 0 Å². The molecule has 6 nitrogen and oxygen atoms in total. The zero-order chi connectivity index (χ0) is 19.0. The summed E-state index contributed by atoms with van der Waals surface area (Å²) >= 11 is 0. The number of hydrogen-bond acceptors (Lipinski definition) is 5. The summed E-state index contributed by atoms with van der Waals surface area (Å²) < 4.78 is 16.6. The number of piperidine rings is 1. The minimum absolute atomic E-state index is 0. The van der Waals surface area contributed by atoms with Crippen LogP contribution < -0.4 is 24.8 Å². The highest BCUT2D eigenvalue weighted by atomic mass is 35.5. The van der Waals surface area contributed by atoms with Crippen molar-refractivity contribution in [3.05, 3.63) is 48.0 Å². The summed E-state index contributed by atoms with van der Waals surface area (Å²) in [6.45, 7) is 2.72. The molecular weight excluding hydrogens is 392 g/mol. The van der Waals surface area contributed by atoms with Crippen LogP contribution in [0.4, 0.5) is 5.69 Å². The fourth-order valence-corrected chi connectivity index (χ4v) is 4.30. The normalized spacial score (nSPS) is 20.6.